The topological polar surface area (TPSA) is 265 Å². The second-order valence-electron chi connectivity index (χ2n) is 8.04. The third kappa shape index (κ3) is 4.40. The number of phosphoric ester groups is 2. The third-order valence-corrected chi connectivity index (χ3v) is 8.38. The number of rotatable bonds is 0. The highest BCUT2D eigenvalue weighted by Gasteiger charge is 2.49. The maximum absolute atomic E-state index is 12.1. The summed E-state index contributed by atoms with van der Waals surface area (Å²) < 4.78 is 50.9. The number of aliphatic hydroxyl groups excluding tert-OH is 4. The average molecular weight is 541 g/mol. The summed E-state index contributed by atoms with van der Waals surface area (Å²) in [5.74, 6) is -0.0657. The molecule has 6 rings (SSSR count). The minimum absolute atomic E-state index is 0.0657. The van der Waals surface area contributed by atoms with Gasteiger partial charge in [-0.05, 0) is 0 Å². The molecule has 7 N–H and O–H groups in total. The van der Waals surface area contributed by atoms with Crippen LogP contribution in [0.5, 0.6) is 0 Å². The van der Waals surface area contributed by atoms with Crippen molar-refractivity contribution in [2.45, 2.75) is 49.1 Å². The SMILES string of the molecule is Nc1c2ncn3c2nc[n+]1[C@@H]1O[C@H](COP(=O)(O)OP(=O)([O-])OC[C@H]2O[C@@H]3[C@@H](O)[C@@H]2O)[C@@H](O)[C@H]1O. The molecule has 0 radical (unpaired) electrons. The van der Waals surface area contributed by atoms with Crippen molar-refractivity contribution < 1.29 is 66.7 Å². The van der Waals surface area contributed by atoms with E-state index in [1.807, 2.05) is 0 Å². The lowest BCUT2D eigenvalue weighted by Crippen LogP contribution is -2.48. The van der Waals surface area contributed by atoms with Crippen molar-refractivity contribution in [1.29, 1.82) is 0 Å². The number of aromatic nitrogens is 4. The molecule has 18 nitrogen and oxygen atoms in total. The van der Waals surface area contributed by atoms with Gasteiger partial charge in [0.1, 0.15) is 43.0 Å². The molecule has 0 amide bonds. The molecule has 35 heavy (non-hydrogen) atoms. The number of nitrogen functional groups attached to an aromatic ring is 1. The van der Waals surface area contributed by atoms with Crippen LogP contribution >= 0.6 is 15.6 Å². The van der Waals surface area contributed by atoms with Gasteiger partial charge in [-0.2, -0.15) is 0 Å². The van der Waals surface area contributed by atoms with E-state index in [0.717, 1.165) is 10.9 Å². The Balaban J connectivity index is 1.57. The second kappa shape index (κ2) is 8.74. The number of fused-ring (bicyclic) bond motifs is 7. The van der Waals surface area contributed by atoms with Crippen molar-refractivity contribution in [2.24, 2.45) is 0 Å². The number of hydrogen-bond donors (Lipinski definition) is 6. The van der Waals surface area contributed by atoms with Crippen LogP contribution in [0.15, 0.2) is 12.7 Å². The predicted octanol–water partition coefficient (Wildman–Crippen LogP) is -3.83. The summed E-state index contributed by atoms with van der Waals surface area (Å²) in [6.45, 7) is -1.76. The number of phosphoric acid groups is 2. The van der Waals surface area contributed by atoms with Gasteiger partial charge in [0.2, 0.25) is 18.2 Å². The summed E-state index contributed by atoms with van der Waals surface area (Å²) >= 11 is 0. The zero-order valence-corrected chi connectivity index (χ0v) is 19.2. The molecule has 0 saturated carbocycles. The zero-order chi connectivity index (χ0) is 25.3. The lowest BCUT2D eigenvalue weighted by atomic mass is 10.1. The van der Waals surface area contributed by atoms with Crippen molar-refractivity contribution >= 4 is 32.6 Å². The van der Waals surface area contributed by atoms with Crippen molar-refractivity contribution in [3.63, 3.8) is 0 Å². The maximum atomic E-state index is 12.1. The van der Waals surface area contributed by atoms with E-state index in [9.17, 15) is 39.3 Å². The summed E-state index contributed by atoms with van der Waals surface area (Å²) in [6, 6.07) is 0. The van der Waals surface area contributed by atoms with Gasteiger partial charge in [0.15, 0.2) is 11.7 Å². The first-order chi connectivity index (χ1) is 16.4. The predicted molar refractivity (Wildman–Crippen MR) is 104 cm³/mol. The average Bonchev–Trinajstić information content (AvgIpc) is 3.41. The molecule has 0 aliphatic carbocycles. The maximum Gasteiger partial charge on any atom is 0.478 e. The van der Waals surface area contributed by atoms with Gasteiger partial charge in [-0.3, -0.25) is 13.7 Å². The van der Waals surface area contributed by atoms with Gasteiger partial charge < -0.3 is 49.9 Å². The molecule has 2 fully saturated rings. The molecule has 2 saturated heterocycles. The van der Waals surface area contributed by atoms with E-state index in [1.54, 1.807) is 0 Å². The summed E-state index contributed by atoms with van der Waals surface area (Å²) in [4.78, 5) is 30.2. The molecule has 10 atom stereocenters. The van der Waals surface area contributed by atoms with Gasteiger partial charge in [0, 0.05) is 0 Å². The summed E-state index contributed by atoms with van der Waals surface area (Å²) in [5, 5.41) is 41.6. The number of ether oxygens (including phenoxy) is 2. The van der Waals surface area contributed by atoms with Crippen LogP contribution in [0.1, 0.15) is 12.5 Å². The van der Waals surface area contributed by atoms with Gasteiger partial charge in [-0.1, -0.05) is 4.98 Å². The second-order valence-corrected chi connectivity index (χ2v) is 11.0. The summed E-state index contributed by atoms with van der Waals surface area (Å²) in [7, 11) is -10.8. The fraction of sp³-hybridized carbons (Fsp3) is 0.667. The Labute approximate surface area is 195 Å². The van der Waals surface area contributed by atoms with Gasteiger partial charge in [-0.25, -0.2) is 18.4 Å². The normalized spacial score (nSPS) is 44.6. The Hall–Kier alpha value is -1.63. The first-order valence-electron chi connectivity index (χ1n) is 10.1. The van der Waals surface area contributed by atoms with Crippen LogP contribution in [-0.4, -0.2) is 89.7 Å². The molecule has 2 aromatic heterocycles. The molecule has 20 heteroatoms. The van der Waals surface area contributed by atoms with Crippen LogP contribution in [0.3, 0.4) is 0 Å². The van der Waals surface area contributed by atoms with E-state index < -0.39 is 77.9 Å². The Kier molecular flexibility index (Phi) is 6.25. The van der Waals surface area contributed by atoms with Gasteiger partial charge in [-0.15, -0.1) is 0 Å². The lowest BCUT2D eigenvalue weighted by Gasteiger charge is -2.26. The number of aliphatic hydroxyl groups is 4. The molecule has 0 spiro atoms. The van der Waals surface area contributed by atoms with Crippen LogP contribution in [-0.2, 0) is 32.0 Å². The standard InChI is InChI=1S/C15H21N5O13P2/c16-12-7-13-18-4-19(12)14-10(23)8(21)5(31-14)1-29-34(25,26)33-35(27,28)30-2-6-9(22)11(24)15(32-6)20(13)3-17-7/h3-6,8-11,14-16,21-24H,1-2H2,(H2,25,26,27,28)/t5-,6-,8-,9-,10-,11+,14-,15-/m1/s1. The number of hydrogen-bond acceptors (Lipinski definition) is 15. The highest BCUT2D eigenvalue weighted by atomic mass is 31.3. The van der Waals surface area contributed by atoms with Gasteiger partial charge in [0.05, 0.1) is 13.2 Å². The zero-order valence-electron chi connectivity index (χ0n) is 17.5. The van der Waals surface area contributed by atoms with E-state index in [0.29, 0.717) is 0 Å². The first-order valence-corrected chi connectivity index (χ1v) is 13.0. The number of imidazole rings is 1. The van der Waals surface area contributed by atoms with Crippen molar-refractivity contribution in [3.05, 3.63) is 12.7 Å². The van der Waals surface area contributed by atoms with E-state index in [2.05, 4.69) is 23.3 Å². The van der Waals surface area contributed by atoms with Crippen LogP contribution < -0.4 is 15.2 Å². The van der Waals surface area contributed by atoms with Crippen LogP contribution in [0.2, 0.25) is 0 Å². The van der Waals surface area contributed by atoms with Crippen molar-refractivity contribution in [1.82, 2.24) is 14.5 Å². The Morgan fingerprint density at radius 2 is 1.69 bits per heavy atom. The minimum Gasteiger partial charge on any atom is -0.756 e. The molecule has 6 heterocycles. The van der Waals surface area contributed by atoms with E-state index in [-0.39, 0.29) is 17.0 Å². The van der Waals surface area contributed by atoms with Crippen LogP contribution in [0.4, 0.5) is 5.82 Å². The fourth-order valence-electron chi connectivity index (χ4n) is 4.05. The molecular formula is C15H21N5O13P2. The number of nitrogens with two attached hydrogens (primary N) is 1. The number of anilines is 1. The summed E-state index contributed by atoms with van der Waals surface area (Å²) in [5.41, 5.74) is 6.37. The van der Waals surface area contributed by atoms with Gasteiger partial charge in [0.25, 0.3) is 13.6 Å². The molecular weight excluding hydrogens is 520 g/mol. The minimum atomic E-state index is -5.49. The first kappa shape index (κ1) is 25.0. The Bertz CT molecular complexity index is 1230. The number of nitrogens with zero attached hydrogens (tertiary/aromatic N) is 4. The highest BCUT2D eigenvalue weighted by Crippen LogP contribution is 2.58. The Morgan fingerprint density at radius 3 is 2.43 bits per heavy atom. The molecule has 2 aromatic rings. The third-order valence-electron chi connectivity index (χ3n) is 5.82. The van der Waals surface area contributed by atoms with E-state index in [4.69, 9.17) is 15.2 Å². The van der Waals surface area contributed by atoms with Crippen LogP contribution in [0, 0.1) is 0 Å². The fourth-order valence-corrected chi connectivity index (χ4v) is 6.11. The molecule has 4 aliphatic heterocycles. The van der Waals surface area contributed by atoms with E-state index >= 15 is 0 Å². The Morgan fingerprint density at radius 1 is 1.03 bits per heavy atom. The quantitative estimate of drug-likeness (QED) is 0.138. The van der Waals surface area contributed by atoms with Crippen molar-refractivity contribution in [2.75, 3.05) is 18.9 Å². The van der Waals surface area contributed by atoms with Crippen molar-refractivity contribution in [3.8, 4) is 0 Å². The largest absolute Gasteiger partial charge is 0.756 e. The molecule has 2 unspecified atom stereocenters. The van der Waals surface area contributed by atoms with E-state index in [1.165, 1.54) is 10.9 Å². The van der Waals surface area contributed by atoms with Gasteiger partial charge >= 0.3 is 7.82 Å². The smallest absolute Gasteiger partial charge is 0.478 e. The molecule has 8 bridgehead atoms. The molecule has 4 aliphatic rings. The highest BCUT2D eigenvalue weighted by molar-refractivity contribution is 7.60. The lowest BCUT2D eigenvalue weighted by molar-refractivity contribution is -0.755. The molecule has 0 aromatic carbocycles. The van der Waals surface area contributed by atoms with Crippen LogP contribution in [0.25, 0.3) is 11.2 Å². The monoisotopic (exact) mass is 541 g/mol. The molecule has 194 valence electrons. The summed E-state index contributed by atoms with van der Waals surface area (Å²) in [6.07, 6.45) is -9.56.